The van der Waals surface area contributed by atoms with E-state index in [0.29, 0.717) is 47.5 Å². The van der Waals surface area contributed by atoms with Crippen molar-refractivity contribution in [3.8, 4) is 5.75 Å². The first-order valence-corrected chi connectivity index (χ1v) is 9.62. The van der Waals surface area contributed by atoms with Crippen molar-refractivity contribution in [1.82, 2.24) is 0 Å². The van der Waals surface area contributed by atoms with E-state index in [1.54, 1.807) is 13.0 Å². The van der Waals surface area contributed by atoms with Crippen molar-refractivity contribution in [1.29, 1.82) is 0 Å². The van der Waals surface area contributed by atoms with Crippen LogP contribution in [0.3, 0.4) is 0 Å². The molecule has 2 aromatic carbocycles. The molecule has 0 spiro atoms. The molecule has 0 radical (unpaired) electrons. The summed E-state index contributed by atoms with van der Waals surface area (Å²) < 4.78 is 30.5. The van der Waals surface area contributed by atoms with Gasteiger partial charge in [-0.1, -0.05) is 6.07 Å². The van der Waals surface area contributed by atoms with Crippen LogP contribution in [-0.2, 0) is 29.2 Å². The minimum atomic E-state index is -0.386. The molecule has 0 fully saturated rings. The second kappa shape index (κ2) is 9.09. The second-order valence-electron chi connectivity index (χ2n) is 6.92. The minimum absolute atomic E-state index is 0.134. The van der Waals surface area contributed by atoms with Crippen LogP contribution in [0, 0.1) is 19.7 Å². The highest BCUT2D eigenvalue weighted by atomic mass is 19.1. The maximum absolute atomic E-state index is 13.9. The lowest BCUT2D eigenvalue weighted by Crippen LogP contribution is -2.06. The number of aliphatic hydroxyl groups excluding tert-OH is 1. The fourth-order valence-electron chi connectivity index (χ4n) is 3.33. The molecule has 1 aromatic heterocycles. The molecule has 0 bridgehead atoms. The number of carbonyl (C=O) groups excluding carboxylic acids is 1. The van der Waals surface area contributed by atoms with Gasteiger partial charge in [0.1, 0.15) is 36.1 Å². The van der Waals surface area contributed by atoms with E-state index >= 15 is 0 Å². The van der Waals surface area contributed by atoms with Crippen molar-refractivity contribution in [2.75, 3.05) is 6.61 Å². The summed E-state index contributed by atoms with van der Waals surface area (Å²) in [5, 5.41) is 9.85. The summed E-state index contributed by atoms with van der Waals surface area (Å²) in [7, 11) is 0. The zero-order chi connectivity index (χ0) is 21.0. The Labute approximate surface area is 169 Å². The number of rotatable bonds is 8. The molecule has 0 aliphatic rings. The third kappa shape index (κ3) is 4.77. The first-order chi connectivity index (χ1) is 13.9. The van der Waals surface area contributed by atoms with Crippen molar-refractivity contribution >= 4 is 16.9 Å². The maximum Gasteiger partial charge on any atom is 0.306 e. The molecule has 3 rings (SSSR count). The summed E-state index contributed by atoms with van der Waals surface area (Å²) in [5.41, 5.74) is 4.17. The van der Waals surface area contributed by atoms with Gasteiger partial charge in [0, 0.05) is 17.4 Å². The number of hydrogen-bond donors (Lipinski definition) is 1. The summed E-state index contributed by atoms with van der Waals surface area (Å²) in [5.74, 6) is 0.475. The first-order valence-electron chi connectivity index (χ1n) is 9.62. The Morgan fingerprint density at radius 1 is 1.14 bits per heavy atom. The number of aliphatic hydroxyl groups is 1. The third-order valence-corrected chi connectivity index (χ3v) is 5.00. The molecule has 0 saturated carbocycles. The molecule has 3 aromatic rings. The molecule has 6 heteroatoms. The Hall–Kier alpha value is -2.86. The largest absolute Gasteiger partial charge is 0.488 e. The van der Waals surface area contributed by atoms with Gasteiger partial charge >= 0.3 is 5.97 Å². The molecule has 0 unspecified atom stereocenters. The van der Waals surface area contributed by atoms with E-state index in [9.17, 15) is 14.3 Å². The normalized spacial score (nSPS) is 11.1. The molecule has 0 aliphatic carbocycles. The van der Waals surface area contributed by atoms with Gasteiger partial charge < -0.3 is 19.0 Å². The number of ether oxygens (including phenoxy) is 2. The molecular weight excluding hydrogens is 375 g/mol. The average molecular weight is 400 g/mol. The number of hydrogen-bond acceptors (Lipinski definition) is 5. The van der Waals surface area contributed by atoms with E-state index in [2.05, 4.69) is 0 Å². The van der Waals surface area contributed by atoms with E-state index in [1.165, 1.54) is 12.1 Å². The molecule has 154 valence electrons. The van der Waals surface area contributed by atoms with Gasteiger partial charge in [0.25, 0.3) is 0 Å². The van der Waals surface area contributed by atoms with Gasteiger partial charge in [-0.2, -0.15) is 0 Å². The summed E-state index contributed by atoms with van der Waals surface area (Å²) in [6, 6.07) is 8.17. The second-order valence-corrected chi connectivity index (χ2v) is 6.92. The smallest absolute Gasteiger partial charge is 0.306 e. The lowest BCUT2D eigenvalue weighted by Gasteiger charge is -2.15. The van der Waals surface area contributed by atoms with Crippen LogP contribution in [0.5, 0.6) is 5.75 Å². The molecule has 0 amide bonds. The molecule has 0 atom stereocenters. The minimum Gasteiger partial charge on any atom is -0.488 e. The highest BCUT2D eigenvalue weighted by Gasteiger charge is 2.14. The van der Waals surface area contributed by atoms with Gasteiger partial charge in [0.2, 0.25) is 0 Å². The predicted molar refractivity (Wildman–Crippen MR) is 107 cm³/mol. The fraction of sp³-hybridized carbons (Fsp3) is 0.348. The van der Waals surface area contributed by atoms with Crippen LogP contribution in [-0.4, -0.2) is 17.7 Å². The Kier molecular flexibility index (Phi) is 6.54. The molecule has 1 N–H and O–H groups in total. The lowest BCUT2D eigenvalue weighted by molar-refractivity contribution is -0.143. The van der Waals surface area contributed by atoms with Crippen molar-refractivity contribution in [2.45, 2.75) is 46.8 Å². The summed E-state index contributed by atoms with van der Waals surface area (Å²) >= 11 is 0. The molecule has 1 heterocycles. The summed E-state index contributed by atoms with van der Waals surface area (Å²) in [6.07, 6.45) is 0.938. The Bertz CT molecular complexity index is 1020. The van der Waals surface area contributed by atoms with Gasteiger partial charge in [0.05, 0.1) is 6.61 Å². The Morgan fingerprint density at radius 2 is 1.93 bits per heavy atom. The SMILES string of the molecule is CCOC(=O)CCc1ccc(OCc2cc(F)cc3cc(CO)oc23)c(C)c1C. The van der Waals surface area contributed by atoms with E-state index in [1.807, 2.05) is 26.0 Å². The van der Waals surface area contributed by atoms with Gasteiger partial charge in [-0.05, 0) is 68.1 Å². The van der Waals surface area contributed by atoms with Crippen LogP contribution < -0.4 is 4.74 Å². The highest BCUT2D eigenvalue weighted by molar-refractivity contribution is 5.81. The Morgan fingerprint density at radius 3 is 2.66 bits per heavy atom. The highest BCUT2D eigenvalue weighted by Crippen LogP contribution is 2.29. The van der Waals surface area contributed by atoms with Crippen LogP contribution in [0.2, 0.25) is 0 Å². The molecule has 0 aliphatic heterocycles. The maximum atomic E-state index is 13.9. The monoisotopic (exact) mass is 400 g/mol. The topological polar surface area (TPSA) is 68.9 Å². The number of esters is 1. The quantitative estimate of drug-likeness (QED) is 0.553. The van der Waals surface area contributed by atoms with Crippen LogP contribution in [0.1, 0.15) is 41.4 Å². The predicted octanol–water partition coefficient (Wildman–Crippen LogP) is 4.76. The van der Waals surface area contributed by atoms with Crippen molar-refractivity contribution < 1.29 is 28.2 Å². The molecular formula is C23H25FO5. The number of carbonyl (C=O) groups is 1. The van der Waals surface area contributed by atoms with Crippen molar-refractivity contribution in [3.05, 3.63) is 64.2 Å². The van der Waals surface area contributed by atoms with Gasteiger partial charge in [-0.25, -0.2) is 4.39 Å². The summed E-state index contributed by atoms with van der Waals surface area (Å²) in [6.45, 7) is 6.00. The standard InChI is InChI=1S/C23H25FO5/c1-4-27-22(26)8-6-16-5-7-21(15(3)14(16)2)28-13-18-10-19(24)9-17-11-20(12-25)29-23(17)18/h5,7,9-11,25H,4,6,8,12-13H2,1-3H3. The van der Waals surface area contributed by atoms with Crippen LogP contribution in [0.4, 0.5) is 4.39 Å². The summed E-state index contributed by atoms with van der Waals surface area (Å²) in [4.78, 5) is 11.6. The number of fused-ring (bicyclic) bond motifs is 1. The van der Waals surface area contributed by atoms with E-state index in [0.717, 1.165) is 16.7 Å². The van der Waals surface area contributed by atoms with Crippen LogP contribution in [0.15, 0.2) is 34.7 Å². The lowest BCUT2D eigenvalue weighted by atomic mass is 9.99. The van der Waals surface area contributed by atoms with E-state index in [4.69, 9.17) is 13.9 Å². The van der Waals surface area contributed by atoms with Crippen LogP contribution >= 0.6 is 0 Å². The number of aryl methyl sites for hydroxylation is 1. The third-order valence-electron chi connectivity index (χ3n) is 5.00. The Balaban J connectivity index is 1.76. The zero-order valence-corrected chi connectivity index (χ0v) is 16.9. The van der Waals surface area contributed by atoms with Gasteiger partial charge in [0.15, 0.2) is 0 Å². The van der Waals surface area contributed by atoms with Gasteiger partial charge in [-0.15, -0.1) is 0 Å². The van der Waals surface area contributed by atoms with Gasteiger partial charge in [-0.3, -0.25) is 4.79 Å². The number of halogens is 1. The van der Waals surface area contributed by atoms with Crippen molar-refractivity contribution in [3.63, 3.8) is 0 Å². The van der Waals surface area contributed by atoms with E-state index < -0.39 is 0 Å². The zero-order valence-electron chi connectivity index (χ0n) is 16.9. The molecule has 5 nitrogen and oxygen atoms in total. The van der Waals surface area contributed by atoms with E-state index in [-0.39, 0.29) is 25.0 Å². The average Bonchev–Trinajstić information content (AvgIpc) is 3.11. The number of benzene rings is 2. The molecule has 0 saturated heterocycles. The fourth-order valence-corrected chi connectivity index (χ4v) is 3.33. The molecule has 29 heavy (non-hydrogen) atoms. The van der Waals surface area contributed by atoms with Crippen LogP contribution in [0.25, 0.3) is 11.0 Å². The first kappa shape index (κ1) is 20.9. The number of furan rings is 1. The van der Waals surface area contributed by atoms with Crippen molar-refractivity contribution in [2.24, 2.45) is 0 Å².